The molecule has 0 aliphatic rings. The third-order valence-electron chi connectivity index (χ3n) is 9.97. The molecule has 0 fully saturated rings. The Kier molecular flexibility index (Phi) is 7.04. The van der Waals surface area contributed by atoms with Crippen LogP contribution in [-0.2, 0) is 0 Å². The average molecular weight is 669 g/mol. The van der Waals surface area contributed by atoms with E-state index in [9.17, 15) is 0 Å². The normalized spacial score (nSPS) is 11.5. The number of rotatable bonds is 6. The van der Waals surface area contributed by atoms with Crippen molar-refractivity contribution in [2.24, 2.45) is 0 Å². The Balaban J connectivity index is 1.15. The van der Waals surface area contributed by atoms with E-state index >= 15 is 0 Å². The largest absolute Gasteiger partial charge is 0.310 e. The second kappa shape index (κ2) is 12.2. The first kappa shape index (κ1) is 29.5. The number of benzene rings is 8. The highest BCUT2D eigenvalue weighted by molar-refractivity contribution is 7.25. The van der Waals surface area contributed by atoms with Crippen LogP contribution < -0.4 is 4.90 Å². The molecule has 0 spiro atoms. The van der Waals surface area contributed by atoms with Gasteiger partial charge in [0.15, 0.2) is 0 Å². The molecular weight excluding hydrogens is 637 g/mol. The van der Waals surface area contributed by atoms with Crippen LogP contribution in [0.15, 0.2) is 194 Å². The van der Waals surface area contributed by atoms with Crippen LogP contribution in [-0.4, -0.2) is 4.57 Å². The maximum Gasteiger partial charge on any atom is 0.0541 e. The number of hydrogen-bond donors (Lipinski definition) is 0. The van der Waals surface area contributed by atoms with Crippen LogP contribution in [0, 0.1) is 0 Å². The lowest BCUT2D eigenvalue weighted by atomic mass is 10.0. The molecule has 8 aromatic carbocycles. The standard InChI is InChI=1S/C48H32N2S/c1-2-14-33(15-3-1)39-20-4-8-24-44(39)49(38-28-29-43-42-23-7-11-27-47(42)51-48(43)32-38)36-18-12-16-34(30-36)35-17-13-19-37(31-35)50-45-25-9-5-21-40(45)41-22-6-10-26-46(41)50/h1-32H. The van der Waals surface area contributed by atoms with Gasteiger partial charge in [-0.3, -0.25) is 0 Å². The third-order valence-corrected chi connectivity index (χ3v) is 11.1. The Hall–Kier alpha value is -6.42. The van der Waals surface area contributed by atoms with Crippen molar-refractivity contribution in [3.05, 3.63) is 194 Å². The summed E-state index contributed by atoms with van der Waals surface area (Å²) in [6.07, 6.45) is 0. The lowest BCUT2D eigenvalue weighted by Gasteiger charge is -2.28. The summed E-state index contributed by atoms with van der Waals surface area (Å²) < 4.78 is 4.98. The van der Waals surface area contributed by atoms with Gasteiger partial charge in [-0.1, -0.05) is 133 Å². The van der Waals surface area contributed by atoms with Gasteiger partial charge in [-0.05, 0) is 77.4 Å². The van der Waals surface area contributed by atoms with Gasteiger partial charge >= 0.3 is 0 Å². The van der Waals surface area contributed by atoms with Crippen molar-refractivity contribution < 1.29 is 0 Å². The number of fused-ring (bicyclic) bond motifs is 6. The summed E-state index contributed by atoms with van der Waals surface area (Å²) in [4.78, 5) is 2.42. The quantitative estimate of drug-likeness (QED) is 0.171. The number of thiophene rings is 1. The van der Waals surface area contributed by atoms with Crippen LogP contribution in [0.3, 0.4) is 0 Å². The summed E-state index contributed by atoms with van der Waals surface area (Å²) in [7, 11) is 0. The minimum Gasteiger partial charge on any atom is -0.310 e. The number of nitrogens with zero attached hydrogens (tertiary/aromatic N) is 2. The molecule has 51 heavy (non-hydrogen) atoms. The Labute approximate surface area is 300 Å². The van der Waals surface area contributed by atoms with Crippen molar-refractivity contribution in [1.29, 1.82) is 0 Å². The molecule has 0 amide bonds. The summed E-state index contributed by atoms with van der Waals surface area (Å²) in [5.74, 6) is 0. The zero-order chi connectivity index (χ0) is 33.7. The van der Waals surface area contributed by atoms with Crippen LogP contribution in [0.25, 0.3) is 69.9 Å². The molecule has 240 valence electrons. The minimum absolute atomic E-state index is 1.11. The maximum absolute atomic E-state index is 2.42. The van der Waals surface area contributed by atoms with Gasteiger partial charge in [-0.2, -0.15) is 0 Å². The molecule has 0 bridgehead atoms. The second-order valence-electron chi connectivity index (χ2n) is 13.0. The maximum atomic E-state index is 2.42. The Morgan fingerprint density at radius 3 is 1.76 bits per heavy atom. The number of anilines is 3. The smallest absolute Gasteiger partial charge is 0.0541 e. The summed E-state index contributed by atoms with van der Waals surface area (Å²) in [6, 6.07) is 70.4. The molecule has 0 saturated carbocycles. The molecule has 2 nitrogen and oxygen atoms in total. The van der Waals surface area contributed by atoms with E-state index in [-0.39, 0.29) is 0 Å². The highest BCUT2D eigenvalue weighted by Crippen LogP contribution is 2.44. The zero-order valence-electron chi connectivity index (χ0n) is 27.8. The molecule has 0 aliphatic heterocycles. The SMILES string of the molecule is c1ccc(-c2ccccc2N(c2cccc(-c3cccc(-n4c5ccccc5c5ccccc54)c3)c2)c2ccc3c(c2)sc2ccccc23)cc1. The molecule has 0 unspecified atom stereocenters. The van der Waals surface area contributed by atoms with E-state index in [1.54, 1.807) is 0 Å². The van der Waals surface area contributed by atoms with E-state index in [2.05, 4.69) is 204 Å². The van der Waals surface area contributed by atoms with Crippen LogP contribution in [0.4, 0.5) is 17.1 Å². The first-order valence-electron chi connectivity index (χ1n) is 17.4. The highest BCUT2D eigenvalue weighted by Gasteiger charge is 2.19. The van der Waals surface area contributed by atoms with Crippen molar-refractivity contribution in [3.8, 4) is 27.9 Å². The van der Waals surface area contributed by atoms with Crippen molar-refractivity contribution in [3.63, 3.8) is 0 Å². The molecular formula is C48H32N2S. The summed E-state index contributed by atoms with van der Waals surface area (Å²) in [6.45, 7) is 0. The molecule has 0 aliphatic carbocycles. The first-order valence-corrected chi connectivity index (χ1v) is 18.2. The van der Waals surface area contributed by atoms with Gasteiger partial charge in [0.1, 0.15) is 0 Å². The van der Waals surface area contributed by atoms with Crippen molar-refractivity contribution in [1.82, 2.24) is 4.57 Å². The molecule has 2 heterocycles. The highest BCUT2D eigenvalue weighted by atomic mass is 32.1. The molecule has 3 heteroatoms. The van der Waals surface area contributed by atoms with E-state index in [0.29, 0.717) is 0 Å². The van der Waals surface area contributed by atoms with Crippen molar-refractivity contribution in [2.75, 3.05) is 4.90 Å². The molecule has 10 aromatic rings. The van der Waals surface area contributed by atoms with Gasteiger partial charge in [0.2, 0.25) is 0 Å². The van der Waals surface area contributed by atoms with E-state index in [1.165, 1.54) is 64.2 Å². The number of para-hydroxylation sites is 3. The average Bonchev–Trinajstić information content (AvgIpc) is 3.74. The predicted octanol–water partition coefficient (Wildman–Crippen LogP) is 14.0. The van der Waals surface area contributed by atoms with Crippen molar-refractivity contribution in [2.45, 2.75) is 0 Å². The number of aromatic nitrogens is 1. The fourth-order valence-electron chi connectivity index (χ4n) is 7.66. The van der Waals surface area contributed by atoms with Crippen LogP contribution in [0.1, 0.15) is 0 Å². The molecule has 0 N–H and O–H groups in total. The molecule has 0 radical (unpaired) electrons. The van der Waals surface area contributed by atoms with Gasteiger partial charge in [0.05, 0.1) is 16.7 Å². The number of hydrogen-bond acceptors (Lipinski definition) is 2. The lowest BCUT2D eigenvalue weighted by molar-refractivity contribution is 1.18. The van der Waals surface area contributed by atoms with Crippen molar-refractivity contribution >= 4 is 70.4 Å². The second-order valence-corrected chi connectivity index (χ2v) is 14.1. The van der Waals surface area contributed by atoms with Gasteiger partial charge in [0, 0.05) is 53.6 Å². The minimum atomic E-state index is 1.11. The van der Waals surface area contributed by atoms with E-state index in [0.717, 1.165) is 22.7 Å². The predicted molar refractivity (Wildman–Crippen MR) is 219 cm³/mol. The first-order chi connectivity index (χ1) is 25.3. The van der Waals surface area contributed by atoms with Crippen LogP contribution in [0.2, 0.25) is 0 Å². The fourth-order valence-corrected chi connectivity index (χ4v) is 8.80. The van der Waals surface area contributed by atoms with Crippen LogP contribution in [0.5, 0.6) is 0 Å². The molecule has 2 aromatic heterocycles. The summed E-state index contributed by atoms with van der Waals surface area (Å²) in [5, 5.41) is 5.14. The summed E-state index contributed by atoms with van der Waals surface area (Å²) >= 11 is 1.86. The van der Waals surface area contributed by atoms with E-state index in [4.69, 9.17) is 0 Å². The molecule has 0 atom stereocenters. The Bertz CT molecular complexity index is 2830. The van der Waals surface area contributed by atoms with Gasteiger partial charge in [-0.25, -0.2) is 0 Å². The van der Waals surface area contributed by atoms with Crippen LogP contribution >= 0.6 is 11.3 Å². The fraction of sp³-hybridized carbons (Fsp3) is 0. The van der Waals surface area contributed by atoms with Gasteiger partial charge in [-0.15, -0.1) is 11.3 Å². The zero-order valence-corrected chi connectivity index (χ0v) is 28.6. The lowest BCUT2D eigenvalue weighted by Crippen LogP contribution is -2.11. The van der Waals surface area contributed by atoms with E-state index < -0.39 is 0 Å². The third kappa shape index (κ3) is 5.01. The van der Waals surface area contributed by atoms with E-state index in [1.807, 2.05) is 11.3 Å². The van der Waals surface area contributed by atoms with Gasteiger partial charge < -0.3 is 9.47 Å². The summed E-state index contributed by atoms with van der Waals surface area (Å²) in [5.41, 5.74) is 11.7. The van der Waals surface area contributed by atoms with Gasteiger partial charge in [0.25, 0.3) is 0 Å². The Morgan fingerprint density at radius 2 is 0.961 bits per heavy atom. The molecule has 10 rings (SSSR count). The topological polar surface area (TPSA) is 8.17 Å². The Morgan fingerprint density at radius 1 is 0.373 bits per heavy atom. The monoisotopic (exact) mass is 668 g/mol. The molecule has 0 saturated heterocycles.